The predicted octanol–water partition coefficient (Wildman–Crippen LogP) is 2.13. The van der Waals surface area contributed by atoms with Crippen LogP contribution in [0.5, 0.6) is 0 Å². The first-order valence-corrected chi connectivity index (χ1v) is 6.80. The average molecular weight is 290 g/mol. The van der Waals surface area contributed by atoms with Crippen LogP contribution in [0.15, 0.2) is 29.8 Å². The normalized spacial score (nSPS) is 11.9. The Morgan fingerprint density at radius 2 is 1.81 bits per heavy atom. The van der Waals surface area contributed by atoms with Gasteiger partial charge in [0.15, 0.2) is 0 Å². The fourth-order valence-corrected chi connectivity index (χ4v) is 1.59. The summed E-state index contributed by atoms with van der Waals surface area (Å²) in [5.41, 5.74) is 6.46. The van der Waals surface area contributed by atoms with Crippen LogP contribution in [0.2, 0.25) is 0 Å². The Bertz CT molecular complexity index is 540. The van der Waals surface area contributed by atoms with Gasteiger partial charge >= 0.3 is 5.97 Å². The van der Waals surface area contributed by atoms with Crippen molar-refractivity contribution in [1.82, 2.24) is 5.32 Å². The maximum absolute atomic E-state index is 12.2. The molecule has 0 aliphatic heterocycles. The molecule has 21 heavy (non-hydrogen) atoms. The average Bonchev–Trinajstić information content (AvgIpc) is 2.36. The van der Waals surface area contributed by atoms with Crippen molar-refractivity contribution in [2.45, 2.75) is 33.2 Å². The molecule has 0 fully saturated rings. The molecule has 0 radical (unpaired) electrons. The lowest BCUT2D eigenvalue weighted by Gasteiger charge is -2.21. The molecule has 0 saturated heterocycles. The molecule has 114 valence electrons. The first-order valence-electron chi connectivity index (χ1n) is 6.80. The lowest BCUT2D eigenvalue weighted by atomic mass is 10.1. The number of carbonyl (C=O) groups is 2. The minimum absolute atomic E-state index is 0.0310. The van der Waals surface area contributed by atoms with E-state index in [1.807, 2.05) is 20.8 Å². The zero-order valence-corrected chi connectivity index (χ0v) is 12.9. The Morgan fingerprint density at radius 1 is 1.24 bits per heavy atom. The molecule has 1 aromatic carbocycles. The molecule has 0 aliphatic carbocycles. The van der Waals surface area contributed by atoms with E-state index in [0.29, 0.717) is 11.3 Å². The third-order valence-corrected chi connectivity index (χ3v) is 2.48. The summed E-state index contributed by atoms with van der Waals surface area (Å²) in [5, 5.41) is 2.76. The van der Waals surface area contributed by atoms with E-state index < -0.39 is 17.4 Å². The van der Waals surface area contributed by atoms with E-state index in [0.717, 1.165) is 0 Å². The van der Waals surface area contributed by atoms with Gasteiger partial charge in [0.2, 0.25) is 0 Å². The Balaban J connectivity index is 3.10. The molecule has 1 rings (SSSR count). The third kappa shape index (κ3) is 5.69. The van der Waals surface area contributed by atoms with Gasteiger partial charge in [0.1, 0.15) is 5.57 Å². The van der Waals surface area contributed by atoms with Gasteiger partial charge in [-0.1, -0.05) is 12.1 Å². The quantitative estimate of drug-likeness (QED) is 0.293. The smallest absolute Gasteiger partial charge is 0.343 e. The fourth-order valence-electron chi connectivity index (χ4n) is 1.59. The second kappa shape index (κ2) is 6.92. The van der Waals surface area contributed by atoms with Gasteiger partial charge in [0, 0.05) is 11.2 Å². The standard InChI is InChI=1S/C16H22N2O3/c1-5-21-15(20)13(14(19)18-16(2,3)4)10-11-6-8-12(17)9-7-11/h6-10H,5,17H2,1-4H3,(H,18,19)/b13-10+. The van der Waals surface area contributed by atoms with Crippen LogP contribution in [-0.2, 0) is 14.3 Å². The van der Waals surface area contributed by atoms with Crippen LogP contribution in [0, 0.1) is 0 Å². The molecule has 0 atom stereocenters. The van der Waals surface area contributed by atoms with Crippen molar-refractivity contribution in [2.75, 3.05) is 12.3 Å². The summed E-state index contributed by atoms with van der Waals surface area (Å²) in [6.45, 7) is 7.44. The molecule has 0 heterocycles. The topological polar surface area (TPSA) is 81.4 Å². The predicted molar refractivity (Wildman–Crippen MR) is 83.4 cm³/mol. The van der Waals surface area contributed by atoms with Gasteiger partial charge in [0.05, 0.1) is 6.61 Å². The van der Waals surface area contributed by atoms with Crippen molar-refractivity contribution in [1.29, 1.82) is 0 Å². The Hall–Kier alpha value is -2.30. The number of amides is 1. The van der Waals surface area contributed by atoms with Crippen LogP contribution in [0.25, 0.3) is 6.08 Å². The molecule has 0 unspecified atom stereocenters. The Morgan fingerprint density at radius 3 is 2.29 bits per heavy atom. The molecule has 0 bridgehead atoms. The van der Waals surface area contributed by atoms with Gasteiger partial charge in [0.25, 0.3) is 5.91 Å². The summed E-state index contributed by atoms with van der Waals surface area (Å²) in [5.74, 6) is -1.10. The first kappa shape index (κ1) is 16.8. The van der Waals surface area contributed by atoms with Crippen molar-refractivity contribution in [3.63, 3.8) is 0 Å². The van der Waals surface area contributed by atoms with Gasteiger partial charge in [-0.05, 0) is 51.5 Å². The van der Waals surface area contributed by atoms with E-state index in [-0.39, 0.29) is 12.2 Å². The number of nitrogen functional groups attached to an aromatic ring is 1. The van der Waals surface area contributed by atoms with Crippen LogP contribution in [0.1, 0.15) is 33.3 Å². The Labute approximate surface area is 125 Å². The minimum Gasteiger partial charge on any atom is -0.462 e. The van der Waals surface area contributed by atoms with Crippen LogP contribution >= 0.6 is 0 Å². The molecule has 5 nitrogen and oxygen atoms in total. The van der Waals surface area contributed by atoms with Crippen LogP contribution in [0.3, 0.4) is 0 Å². The number of rotatable bonds is 4. The van der Waals surface area contributed by atoms with Crippen molar-refractivity contribution >= 4 is 23.6 Å². The number of benzene rings is 1. The van der Waals surface area contributed by atoms with E-state index in [1.54, 1.807) is 31.2 Å². The third-order valence-electron chi connectivity index (χ3n) is 2.48. The summed E-state index contributed by atoms with van der Waals surface area (Å²) >= 11 is 0. The van der Waals surface area contributed by atoms with Gasteiger partial charge in [-0.25, -0.2) is 4.79 Å². The number of hydrogen-bond acceptors (Lipinski definition) is 4. The van der Waals surface area contributed by atoms with E-state index in [1.165, 1.54) is 6.08 Å². The summed E-state index contributed by atoms with van der Waals surface area (Å²) in [6, 6.07) is 6.88. The lowest BCUT2D eigenvalue weighted by molar-refractivity contribution is -0.140. The maximum Gasteiger partial charge on any atom is 0.343 e. The van der Waals surface area contributed by atoms with Crippen LogP contribution in [0.4, 0.5) is 5.69 Å². The zero-order valence-electron chi connectivity index (χ0n) is 12.9. The first-order chi connectivity index (χ1) is 9.73. The van der Waals surface area contributed by atoms with E-state index >= 15 is 0 Å². The van der Waals surface area contributed by atoms with Gasteiger partial charge in [-0.2, -0.15) is 0 Å². The summed E-state index contributed by atoms with van der Waals surface area (Å²) in [4.78, 5) is 24.2. The maximum atomic E-state index is 12.2. The number of esters is 1. The highest BCUT2D eigenvalue weighted by molar-refractivity contribution is 6.19. The van der Waals surface area contributed by atoms with Crippen LogP contribution < -0.4 is 11.1 Å². The molecule has 0 saturated carbocycles. The molecule has 0 aromatic heterocycles. The number of nitrogens with one attached hydrogen (secondary N) is 1. The molecule has 5 heteroatoms. The van der Waals surface area contributed by atoms with Crippen molar-refractivity contribution in [3.05, 3.63) is 35.4 Å². The molecule has 1 amide bonds. The molecule has 1 aromatic rings. The second-order valence-electron chi connectivity index (χ2n) is 5.65. The minimum atomic E-state index is -0.643. The molecule has 3 N–H and O–H groups in total. The lowest BCUT2D eigenvalue weighted by Crippen LogP contribution is -2.42. The highest BCUT2D eigenvalue weighted by Crippen LogP contribution is 2.13. The van der Waals surface area contributed by atoms with Crippen molar-refractivity contribution in [2.24, 2.45) is 0 Å². The fraction of sp³-hybridized carbons (Fsp3) is 0.375. The molecular weight excluding hydrogens is 268 g/mol. The number of ether oxygens (including phenoxy) is 1. The van der Waals surface area contributed by atoms with Crippen LogP contribution in [-0.4, -0.2) is 24.0 Å². The zero-order chi connectivity index (χ0) is 16.0. The van der Waals surface area contributed by atoms with Crippen molar-refractivity contribution < 1.29 is 14.3 Å². The highest BCUT2D eigenvalue weighted by Gasteiger charge is 2.23. The largest absolute Gasteiger partial charge is 0.462 e. The number of anilines is 1. The molecule has 0 aliphatic rings. The van der Waals surface area contributed by atoms with Gasteiger partial charge in [-0.3, -0.25) is 4.79 Å². The van der Waals surface area contributed by atoms with E-state index in [2.05, 4.69) is 5.32 Å². The second-order valence-corrected chi connectivity index (χ2v) is 5.65. The molecule has 0 spiro atoms. The summed E-state index contributed by atoms with van der Waals surface area (Å²) in [7, 11) is 0. The Kier molecular flexibility index (Phi) is 5.52. The van der Waals surface area contributed by atoms with E-state index in [4.69, 9.17) is 10.5 Å². The molecular formula is C16H22N2O3. The van der Waals surface area contributed by atoms with Gasteiger partial charge < -0.3 is 15.8 Å². The number of nitrogens with two attached hydrogens (primary N) is 1. The number of hydrogen-bond donors (Lipinski definition) is 2. The van der Waals surface area contributed by atoms with E-state index in [9.17, 15) is 9.59 Å². The SMILES string of the molecule is CCOC(=O)/C(=C/c1ccc(N)cc1)C(=O)NC(C)(C)C. The van der Waals surface area contributed by atoms with Gasteiger partial charge in [-0.15, -0.1) is 0 Å². The monoisotopic (exact) mass is 290 g/mol. The van der Waals surface area contributed by atoms with Crippen molar-refractivity contribution in [3.8, 4) is 0 Å². The summed E-state index contributed by atoms with van der Waals surface area (Å²) in [6.07, 6.45) is 1.50. The highest BCUT2D eigenvalue weighted by atomic mass is 16.5. The summed E-state index contributed by atoms with van der Waals surface area (Å²) < 4.78 is 4.94. The number of carbonyl (C=O) groups excluding carboxylic acids is 2.